The molecule has 3 rings (SSSR count). The van der Waals surface area contributed by atoms with E-state index in [-0.39, 0.29) is 0 Å². The van der Waals surface area contributed by atoms with Crippen LogP contribution in [0.3, 0.4) is 0 Å². The third-order valence-electron chi connectivity index (χ3n) is 3.80. The summed E-state index contributed by atoms with van der Waals surface area (Å²) in [4.78, 5) is 0. The summed E-state index contributed by atoms with van der Waals surface area (Å²) in [5.74, 6) is 0. The van der Waals surface area contributed by atoms with E-state index in [1.165, 1.54) is 11.1 Å². The number of nitrogens with one attached hydrogen (secondary N) is 3. The lowest BCUT2D eigenvalue weighted by Gasteiger charge is -2.20. The summed E-state index contributed by atoms with van der Waals surface area (Å²) < 4.78 is 0. The van der Waals surface area contributed by atoms with E-state index in [0.29, 0.717) is 6.04 Å². The Kier molecular flexibility index (Phi) is 3.25. The average Bonchev–Trinajstić information content (AvgIpc) is 2.65. The first-order valence-corrected chi connectivity index (χ1v) is 6.82. The number of anilines is 1. The molecular weight excluding hydrogens is 236 g/mol. The number of fused-ring (bicyclic) bond motifs is 1. The van der Waals surface area contributed by atoms with Gasteiger partial charge in [-0.2, -0.15) is 5.10 Å². The number of H-pyrrole nitrogens is 1. The number of aromatic nitrogens is 2. The lowest BCUT2D eigenvalue weighted by Crippen LogP contribution is -2.15. The van der Waals surface area contributed by atoms with Gasteiger partial charge in [0, 0.05) is 6.54 Å². The molecule has 0 saturated heterocycles. The third kappa shape index (κ3) is 2.36. The van der Waals surface area contributed by atoms with Crippen molar-refractivity contribution in [2.24, 2.45) is 0 Å². The number of hydrogen-bond donors (Lipinski definition) is 3. The second-order valence-electron chi connectivity index (χ2n) is 5.17. The van der Waals surface area contributed by atoms with Gasteiger partial charge in [0.1, 0.15) is 0 Å². The number of hydrogen-bond acceptors (Lipinski definition) is 3. The smallest absolute Gasteiger partial charge is 0.0825 e. The number of benzene rings is 1. The second kappa shape index (κ2) is 5.05. The van der Waals surface area contributed by atoms with Crippen molar-refractivity contribution in [3.63, 3.8) is 0 Å². The molecule has 1 aromatic heterocycles. The molecule has 0 aliphatic carbocycles. The van der Waals surface area contributed by atoms with Crippen molar-refractivity contribution in [1.82, 2.24) is 15.5 Å². The van der Waals surface area contributed by atoms with Crippen LogP contribution in [0.4, 0.5) is 5.69 Å². The zero-order valence-electron chi connectivity index (χ0n) is 11.5. The number of aromatic amines is 1. The van der Waals surface area contributed by atoms with Crippen molar-refractivity contribution in [2.45, 2.75) is 32.9 Å². The lowest BCUT2D eigenvalue weighted by molar-refractivity contribution is 0.636. The topological polar surface area (TPSA) is 52.7 Å². The van der Waals surface area contributed by atoms with Gasteiger partial charge in [-0.15, -0.1) is 0 Å². The molecule has 1 unspecified atom stereocenters. The Labute approximate surface area is 113 Å². The number of aryl methyl sites for hydroxylation is 2. The fourth-order valence-corrected chi connectivity index (χ4v) is 2.75. The molecule has 2 heterocycles. The number of nitrogens with zero attached hydrogens (tertiary/aromatic N) is 1. The van der Waals surface area contributed by atoms with Gasteiger partial charge in [-0.05, 0) is 37.9 Å². The van der Waals surface area contributed by atoms with Crippen LogP contribution in [0.25, 0.3) is 0 Å². The normalized spacial score (nSPS) is 18.7. The zero-order chi connectivity index (χ0) is 13.2. The van der Waals surface area contributed by atoms with Gasteiger partial charge < -0.3 is 10.6 Å². The Morgan fingerprint density at radius 3 is 2.89 bits per heavy atom. The molecule has 0 bridgehead atoms. The van der Waals surface area contributed by atoms with Crippen LogP contribution in [0.5, 0.6) is 0 Å². The van der Waals surface area contributed by atoms with Crippen LogP contribution >= 0.6 is 0 Å². The van der Waals surface area contributed by atoms with Crippen molar-refractivity contribution >= 4 is 5.69 Å². The SMILES string of the molecule is Cc1n[nH]c(C)c1NC1CCNCc2ccccc21. The Balaban J connectivity index is 1.93. The molecule has 2 aromatic rings. The van der Waals surface area contributed by atoms with Crippen LogP contribution in [0.1, 0.15) is 35.0 Å². The minimum Gasteiger partial charge on any atom is -0.375 e. The van der Waals surface area contributed by atoms with Crippen LogP contribution < -0.4 is 10.6 Å². The first-order valence-electron chi connectivity index (χ1n) is 6.82. The van der Waals surface area contributed by atoms with E-state index in [4.69, 9.17) is 0 Å². The summed E-state index contributed by atoms with van der Waals surface area (Å²) in [5.41, 5.74) is 6.06. The van der Waals surface area contributed by atoms with E-state index in [1.807, 2.05) is 6.92 Å². The Hall–Kier alpha value is -1.81. The summed E-state index contributed by atoms with van der Waals surface area (Å²) >= 11 is 0. The van der Waals surface area contributed by atoms with E-state index >= 15 is 0 Å². The molecule has 1 aliphatic rings. The molecular formula is C15H20N4. The van der Waals surface area contributed by atoms with Crippen molar-refractivity contribution in [2.75, 3.05) is 11.9 Å². The first kappa shape index (κ1) is 12.2. The van der Waals surface area contributed by atoms with Gasteiger partial charge in [0.15, 0.2) is 0 Å². The summed E-state index contributed by atoms with van der Waals surface area (Å²) in [5, 5.41) is 14.4. The summed E-state index contributed by atoms with van der Waals surface area (Å²) in [6.45, 7) is 6.08. The zero-order valence-corrected chi connectivity index (χ0v) is 11.5. The van der Waals surface area contributed by atoms with Crippen molar-refractivity contribution in [1.29, 1.82) is 0 Å². The molecule has 4 heteroatoms. The first-order chi connectivity index (χ1) is 9.25. The van der Waals surface area contributed by atoms with Gasteiger partial charge in [0.05, 0.1) is 23.1 Å². The van der Waals surface area contributed by atoms with Crippen LogP contribution in [0.15, 0.2) is 24.3 Å². The van der Waals surface area contributed by atoms with Gasteiger partial charge in [-0.1, -0.05) is 24.3 Å². The Bertz CT molecular complexity index is 554. The van der Waals surface area contributed by atoms with E-state index in [1.54, 1.807) is 0 Å². The van der Waals surface area contributed by atoms with Crippen molar-refractivity contribution in [3.05, 3.63) is 46.8 Å². The van der Waals surface area contributed by atoms with Gasteiger partial charge in [0.2, 0.25) is 0 Å². The monoisotopic (exact) mass is 256 g/mol. The highest BCUT2D eigenvalue weighted by molar-refractivity contribution is 5.53. The van der Waals surface area contributed by atoms with Gasteiger partial charge in [-0.3, -0.25) is 5.10 Å². The van der Waals surface area contributed by atoms with E-state index in [2.05, 4.69) is 52.0 Å². The molecule has 3 N–H and O–H groups in total. The summed E-state index contributed by atoms with van der Waals surface area (Å²) in [6.07, 6.45) is 1.08. The molecule has 19 heavy (non-hydrogen) atoms. The van der Waals surface area contributed by atoms with Gasteiger partial charge in [-0.25, -0.2) is 0 Å². The molecule has 1 atom stereocenters. The van der Waals surface area contributed by atoms with E-state index in [0.717, 1.165) is 36.6 Å². The molecule has 1 aromatic carbocycles. The molecule has 0 spiro atoms. The van der Waals surface area contributed by atoms with E-state index < -0.39 is 0 Å². The standard InChI is InChI=1S/C15H20N4/c1-10-15(11(2)19-18-10)17-14-7-8-16-9-12-5-3-4-6-13(12)14/h3-6,14,16-17H,7-9H2,1-2H3,(H,18,19). The largest absolute Gasteiger partial charge is 0.375 e. The molecule has 100 valence electrons. The Morgan fingerprint density at radius 1 is 1.26 bits per heavy atom. The predicted molar refractivity (Wildman–Crippen MR) is 77.2 cm³/mol. The molecule has 0 amide bonds. The lowest BCUT2D eigenvalue weighted by atomic mass is 9.99. The quantitative estimate of drug-likeness (QED) is 0.774. The maximum atomic E-state index is 4.26. The molecule has 1 aliphatic heterocycles. The highest BCUT2D eigenvalue weighted by Gasteiger charge is 2.19. The van der Waals surface area contributed by atoms with Crippen LogP contribution in [0.2, 0.25) is 0 Å². The van der Waals surface area contributed by atoms with Gasteiger partial charge >= 0.3 is 0 Å². The summed E-state index contributed by atoms with van der Waals surface area (Å²) in [6, 6.07) is 9.01. The van der Waals surface area contributed by atoms with Crippen LogP contribution in [0, 0.1) is 13.8 Å². The maximum Gasteiger partial charge on any atom is 0.0825 e. The Morgan fingerprint density at radius 2 is 2.11 bits per heavy atom. The van der Waals surface area contributed by atoms with Crippen molar-refractivity contribution in [3.8, 4) is 0 Å². The minimum atomic E-state index is 0.348. The molecule has 0 fully saturated rings. The van der Waals surface area contributed by atoms with Gasteiger partial charge in [0.25, 0.3) is 0 Å². The number of rotatable bonds is 2. The van der Waals surface area contributed by atoms with Crippen molar-refractivity contribution < 1.29 is 0 Å². The highest BCUT2D eigenvalue weighted by Crippen LogP contribution is 2.29. The average molecular weight is 256 g/mol. The summed E-state index contributed by atoms with van der Waals surface area (Å²) in [7, 11) is 0. The highest BCUT2D eigenvalue weighted by atomic mass is 15.2. The fraction of sp³-hybridized carbons (Fsp3) is 0.400. The molecule has 0 radical (unpaired) electrons. The maximum absolute atomic E-state index is 4.26. The molecule has 4 nitrogen and oxygen atoms in total. The van der Waals surface area contributed by atoms with E-state index in [9.17, 15) is 0 Å². The second-order valence-corrected chi connectivity index (χ2v) is 5.17. The van der Waals surface area contributed by atoms with Crippen LogP contribution in [-0.4, -0.2) is 16.7 Å². The fourth-order valence-electron chi connectivity index (χ4n) is 2.75. The molecule has 0 saturated carbocycles. The predicted octanol–water partition coefficient (Wildman–Crippen LogP) is 2.67. The third-order valence-corrected chi connectivity index (χ3v) is 3.80. The minimum absolute atomic E-state index is 0.348. The van der Waals surface area contributed by atoms with Crippen LogP contribution in [-0.2, 0) is 6.54 Å².